The molecule has 1 aromatic carbocycles. The van der Waals surface area contributed by atoms with Crippen molar-refractivity contribution in [3.63, 3.8) is 0 Å². The Hall–Kier alpha value is -1.44. The molecule has 1 saturated carbocycles. The second-order valence-corrected chi connectivity index (χ2v) is 4.90. The van der Waals surface area contributed by atoms with E-state index in [9.17, 15) is 0 Å². The Balaban J connectivity index is 2.06. The van der Waals surface area contributed by atoms with Crippen molar-refractivity contribution in [2.45, 2.75) is 31.1 Å². The van der Waals surface area contributed by atoms with E-state index < -0.39 is 0 Å². The van der Waals surface area contributed by atoms with Crippen LogP contribution < -0.4 is 9.47 Å². The van der Waals surface area contributed by atoms with Gasteiger partial charge >= 0.3 is 0 Å². The van der Waals surface area contributed by atoms with E-state index in [0.29, 0.717) is 18.4 Å². The highest BCUT2D eigenvalue weighted by Crippen LogP contribution is 2.58. The first-order valence-corrected chi connectivity index (χ1v) is 6.29. The number of fused-ring (bicyclic) bond motifs is 5. The topological polar surface area (TPSA) is 18.5 Å². The minimum atomic E-state index is 0.580. The van der Waals surface area contributed by atoms with Crippen molar-refractivity contribution < 1.29 is 9.47 Å². The highest BCUT2D eigenvalue weighted by Gasteiger charge is 2.41. The average Bonchev–Trinajstić information content (AvgIpc) is 2.97. The summed E-state index contributed by atoms with van der Waals surface area (Å²) in [6, 6.07) is 4.08. The SMILES string of the molecule is C=CCOc1ccc(OC)c2c1C1CCC2C1. The highest BCUT2D eigenvalue weighted by atomic mass is 16.5. The molecule has 90 valence electrons. The Morgan fingerprint density at radius 1 is 1.24 bits per heavy atom. The fourth-order valence-electron chi connectivity index (χ4n) is 3.40. The molecular weight excluding hydrogens is 212 g/mol. The fourth-order valence-corrected chi connectivity index (χ4v) is 3.40. The maximum absolute atomic E-state index is 5.78. The van der Waals surface area contributed by atoms with Gasteiger partial charge in [0.05, 0.1) is 7.11 Å². The lowest BCUT2D eigenvalue weighted by Crippen LogP contribution is -2.05. The van der Waals surface area contributed by atoms with Crippen LogP contribution in [0.3, 0.4) is 0 Å². The summed E-state index contributed by atoms with van der Waals surface area (Å²) in [5.74, 6) is 3.45. The second kappa shape index (κ2) is 4.10. The Morgan fingerprint density at radius 2 is 1.88 bits per heavy atom. The zero-order valence-electron chi connectivity index (χ0n) is 10.2. The molecule has 1 aromatic rings. The highest BCUT2D eigenvalue weighted by molar-refractivity contribution is 5.56. The Morgan fingerprint density at radius 3 is 2.53 bits per heavy atom. The lowest BCUT2D eigenvalue weighted by Gasteiger charge is -2.21. The number of hydrogen-bond acceptors (Lipinski definition) is 2. The van der Waals surface area contributed by atoms with Crippen LogP contribution in [0.1, 0.15) is 42.2 Å². The number of rotatable bonds is 4. The largest absolute Gasteiger partial charge is 0.496 e. The van der Waals surface area contributed by atoms with Crippen LogP contribution in [-0.4, -0.2) is 13.7 Å². The standard InChI is InChI=1S/C15H18O2/c1-3-8-17-13-7-6-12(16-2)14-10-4-5-11(9-10)15(13)14/h3,6-7,10-11H,1,4-5,8-9H2,2H3. The van der Waals surface area contributed by atoms with Crippen LogP contribution in [0.2, 0.25) is 0 Å². The maximum Gasteiger partial charge on any atom is 0.123 e. The summed E-state index contributed by atoms with van der Waals surface area (Å²) >= 11 is 0. The van der Waals surface area contributed by atoms with E-state index >= 15 is 0 Å². The van der Waals surface area contributed by atoms with Crippen molar-refractivity contribution in [2.75, 3.05) is 13.7 Å². The first-order chi connectivity index (χ1) is 8.35. The van der Waals surface area contributed by atoms with Crippen LogP contribution >= 0.6 is 0 Å². The summed E-state index contributed by atoms with van der Waals surface area (Å²) in [7, 11) is 1.76. The van der Waals surface area contributed by atoms with Gasteiger partial charge in [-0.2, -0.15) is 0 Å². The molecule has 17 heavy (non-hydrogen) atoms. The van der Waals surface area contributed by atoms with E-state index in [1.165, 1.54) is 30.4 Å². The van der Waals surface area contributed by atoms with Gasteiger partial charge in [0.25, 0.3) is 0 Å². The van der Waals surface area contributed by atoms with Gasteiger partial charge in [-0.1, -0.05) is 12.7 Å². The van der Waals surface area contributed by atoms with E-state index in [1.54, 1.807) is 13.2 Å². The van der Waals surface area contributed by atoms with Crippen molar-refractivity contribution in [1.82, 2.24) is 0 Å². The molecule has 2 unspecified atom stereocenters. The molecular formula is C15H18O2. The van der Waals surface area contributed by atoms with E-state index in [2.05, 4.69) is 6.58 Å². The first-order valence-electron chi connectivity index (χ1n) is 6.29. The number of methoxy groups -OCH3 is 1. The number of ether oxygens (including phenoxy) is 2. The fraction of sp³-hybridized carbons (Fsp3) is 0.467. The third kappa shape index (κ3) is 1.54. The quantitative estimate of drug-likeness (QED) is 0.735. The van der Waals surface area contributed by atoms with Crippen molar-refractivity contribution in [3.8, 4) is 11.5 Å². The molecule has 0 saturated heterocycles. The van der Waals surface area contributed by atoms with Crippen molar-refractivity contribution in [1.29, 1.82) is 0 Å². The monoisotopic (exact) mass is 230 g/mol. The van der Waals surface area contributed by atoms with E-state index in [-0.39, 0.29) is 0 Å². The molecule has 0 amide bonds. The molecule has 2 bridgehead atoms. The summed E-state index contributed by atoms with van der Waals surface area (Å²) in [5.41, 5.74) is 2.81. The van der Waals surface area contributed by atoms with Gasteiger partial charge in [-0.15, -0.1) is 0 Å². The molecule has 3 rings (SSSR count). The van der Waals surface area contributed by atoms with Crippen molar-refractivity contribution in [3.05, 3.63) is 35.9 Å². The Kier molecular flexibility index (Phi) is 2.58. The molecule has 2 nitrogen and oxygen atoms in total. The third-order valence-corrected chi connectivity index (χ3v) is 4.03. The van der Waals surface area contributed by atoms with Crippen LogP contribution in [0.15, 0.2) is 24.8 Å². The molecule has 0 spiro atoms. The predicted molar refractivity (Wildman–Crippen MR) is 68.0 cm³/mol. The number of benzene rings is 1. The first kappa shape index (κ1) is 10.7. The molecule has 0 heterocycles. The van der Waals surface area contributed by atoms with Crippen LogP contribution in [-0.2, 0) is 0 Å². The lowest BCUT2D eigenvalue weighted by molar-refractivity contribution is 0.353. The van der Waals surface area contributed by atoms with Crippen molar-refractivity contribution in [2.24, 2.45) is 0 Å². The van der Waals surface area contributed by atoms with E-state index in [1.807, 2.05) is 12.1 Å². The molecule has 2 heteroatoms. The van der Waals surface area contributed by atoms with Gasteiger partial charge in [0.2, 0.25) is 0 Å². The van der Waals surface area contributed by atoms with Crippen LogP contribution in [0.5, 0.6) is 11.5 Å². The zero-order chi connectivity index (χ0) is 11.8. The summed E-state index contributed by atoms with van der Waals surface area (Å²) < 4.78 is 11.3. The van der Waals surface area contributed by atoms with Gasteiger partial charge in [0.1, 0.15) is 18.1 Å². The van der Waals surface area contributed by atoms with Gasteiger partial charge in [-0.05, 0) is 43.2 Å². The lowest BCUT2D eigenvalue weighted by atomic mass is 9.90. The van der Waals surface area contributed by atoms with Gasteiger partial charge in [-0.3, -0.25) is 0 Å². The van der Waals surface area contributed by atoms with E-state index in [0.717, 1.165) is 11.5 Å². The molecule has 0 N–H and O–H groups in total. The molecule has 0 radical (unpaired) electrons. The average molecular weight is 230 g/mol. The van der Waals surface area contributed by atoms with Crippen LogP contribution in [0, 0.1) is 0 Å². The molecule has 2 aliphatic rings. The van der Waals surface area contributed by atoms with Crippen molar-refractivity contribution >= 4 is 0 Å². The second-order valence-electron chi connectivity index (χ2n) is 4.90. The van der Waals surface area contributed by atoms with Gasteiger partial charge in [-0.25, -0.2) is 0 Å². The van der Waals surface area contributed by atoms with Crippen LogP contribution in [0.4, 0.5) is 0 Å². The van der Waals surface area contributed by atoms with Gasteiger partial charge in [0, 0.05) is 11.1 Å². The molecule has 1 fully saturated rings. The zero-order valence-corrected chi connectivity index (χ0v) is 10.2. The summed E-state index contributed by atoms with van der Waals surface area (Å²) in [6.07, 6.45) is 5.68. The summed E-state index contributed by atoms with van der Waals surface area (Å²) in [5, 5.41) is 0. The predicted octanol–water partition coefficient (Wildman–Crippen LogP) is 3.62. The molecule has 0 aliphatic heterocycles. The molecule has 2 aliphatic carbocycles. The molecule has 2 atom stereocenters. The smallest absolute Gasteiger partial charge is 0.123 e. The van der Waals surface area contributed by atoms with Gasteiger partial charge in [0.15, 0.2) is 0 Å². The Labute approximate surface area is 102 Å². The normalized spacial score (nSPS) is 24.5. The third-order valence-electron chi connectivity index (χ3n) is 4.03. The Bertz CT molecular complexity index is 450. The maximum atomic E-state index is 5.78. The molecule has 0 aromatic heterocycles. The minimum absolute atomic E-state index is 0.580. The summed E-state index contributed by atoms with van der Waals surface area (Å²) in [6.45, 7) is 4.28. The van der Waals surface area contributed by atoms with Crippen LogP contribution in [0.25, 0.3) is 0 Å². The minimum Gasteiger partial charge on any atom is -0.496 e. The van der Waals surface area contributed by atoms with Gasteiger partial charge < -0.3 is 9.47 Å². The summed E-state index contributed by atoms with van der Waals surface area (Å²) in [4.78, 5) is 0. The van der Waals surface area contributed by atoms with E-state index in [4.69, 9.17) is 9.47 Å². The number of hydrogen-bond donors (Lipinski definition) is 0.